The van der Waals surface area contributed by atoms with Crippen LogP contribution in [0.2, 0.25) is 0 Å². The fourth-order valence-electron chi connectivity index (χ4n) is 0.860. The van der Waals surface area contributed by atoms with Crippen LogP contribution in [-0.2, 0) is 11.3 Å². The highest BCUT2D eigenvalue weighted by Gasteiger charge is 2.07. The lowest BCUT2D eigenvalue weighted by molar-refractivity contribution is -0.130. The van der Waals surface area contributed by atoms with Gasteiger partial charge in [0.05, 0.1) is 9.77 Å². The van der Waals surface area contributed by atoms with Crippen molar-refractivity contribution in [3.8, 4) is 0 Å². The third-order valence-electron chi connectivity index (χ3n) is 1.80. The van der Waals surface area contributed by atoms with Gasteiger partial charge in [-0.2, -0.15) is 5.10 Å². The first-order chi connectivity index (χ1) is 6.13. The van der Waals surface area contributed by atoms with E-state index in [9.17, 15) is 4.79 Å². The number of carbonyl (C=O) groups excluding carboxylic acids is 1. The Bertz CT molecular complexity index is 297. The molecule has 1 aromatic rings. The van der Waals surface area contributed by atoms with Crippen molar-refractivity contribution < 1.29 is 4.79 Å². The minimum Gasteiger partial charge on any atom is -0.344 e. The van der Waals surface area contributed by atoms with E-state index < -0.39 is 0 Å². The van der Waals surface area contributed by atoms with Crippen molar-refractivity contribution in [3.63, 3.8) is 0 Å². The molecule has 0 N–H and O–H groups in total. The largest absolute Gasteiger partial charge is 0.344 e. The van der Waals surface area contributed by atoms with Gasteiger partial charge < -0.3 is 4.90 Å². The van der Waals surface area contributed by atoms with Gasteiger partial charge in [-0.25, -0.2) is 0 Å². The van der Waals surface area contributed by atoms with E-state index in [1.165, 1.54) is 0 Å². The number of hydrogen-bond acceptors (Lipinski definition) is 2. The Balaban J connectivity index is 2.54. The van der Waals surface area contributed by atoms with Crippen LogP contribution in [0.25, 0.3) is 0 Å². The van der Waals surface area contributed by atoms with Gasteiger partial charge in [0.25, 0.3) is 0 Å². The Morgan fingerprint density at radius 1 is 1.77 bits per heavy atom. The monoisotopic (exact) mass is 293 g/mol. The first-order valence-corrected chi connectivity index (χ1v) is 5.13. The van der Waals surface area contributed by atoms with Crippen LogP contribution in [0.15, 0.2) is 12.4 Å². The SMILES string of the molecule is CCN(C)C(=O)Cn1cc(I)cn1. The maximum atomic E-state index is 11.4. The van der Waals surface area contributed by atoms with Gasteiger partial charge >= 0.3 is 0 Å². The molecule has 0 aromatic carbocycles. The van der Waals surface area contributed by atoms with E-state index in [0.717, 1.165) is 10.1 Å². The Hall–Kier alpha value is -0.590. The van der Waals surface area contributed by atoms with Gasteiger partial charge in [0.2, 0.25) is 5.91 Å². The summed E-state index contributed by atoms with van der Waals surface area (Å²) in [6.45, 7) is 3.01. The molecule has 0 atom stereocenters. The Kier molecular flexibility index (Phi) is 3.71. The number of hydrogen-bond donors (Lipinski definition) is 0. The molecule has 0 aliphatic heterocycles. The molecule has 0 spiro atoms. The summed E-state index contributed by atoms with van der Waals surface area (Å²) in [6, 6.07) is 0. The predicted molar refractivity (Wildman–Crippen MR) is 58.3 cm³/mol. The van der Waals surface area contributed by atoms with E-state index in [-0.39, 0.29) is 5.91 Å². The van der Waals surface area contributed by atoms with Gasteiger partial charge in [-0.05, 0) is 29.5 Å². The molecule has 0 bridgehead atoms. The summed E-state index contributed by atoms with van der Waals surface area (Å²) in [5.41, 5.74) is 0. The van der Waals surface area contributed by atoms with E-state index in [2.05, 4.69) is 27.7 Å². The van der Waals surface area contributed by atoms with Gasteiger partial charge in [-0.15, -0.1) is 0 Å². The molecular formula is C8H12IN3O. The maximum absolute atomic E-state index is 11.4. The molecule has 0 fully saturated rings. The zero-order chi connectivity index (χ0) is 9.84. The van der Waals surface area contributed by atoms with Crippen LogP contribution in [-0.4, -0.2) is 34.2 Å². The molecule has 0 unspecified atom stereocenters. The summed E-state index contributed by atoms with van der Waals surface area (Å²) in [6.07, 6.45) is 3.59. The number of rotatable bonds is 3. The number of halogens is 1. The molecule has 1 rings (SSSR count). The second-order valence-corrected chi connectivity index (χ2v) is 4.01. The zero-order valence-electron chi connectivity index (χ0n) is 7.70. The summed E-state index contributed by atoms with van der Waals surface area (Å²) < 4.78 is 2.69. The van der Waals surface area contributed by atoms with Gasteiger partial charge in [0.1, 0.15) is 6.54 Å². The molecule has 4 nitrogen and oxygen atoms in total. The molecule has 1 aromatic heterocycles. The fourth-order valence-corrected chi connectivity index (χ4v) is 1.31. The van der Waals surface area contributed by atoms with Gasteiger partial charge in [0.15, 0.2) is 0 Å². The predicted octanol–water partition coefficient (Wildman–Crippen LogP) is 0.966. The van der Waals surface area contributed by atoms with E-state index in [1.807, 2.05) is 13.1 Å². The fraction of sp³-hybridized carbons (Fsp3) is 0.500. The average molecular weight is 293 g/mol. The molecule has 13 heavy (non-hydrogen) atoms. The van der Waals surface area contributed by atoms with Crippen LogP contribution in [0.1, 0.15) is 6.92 Å². The number of aromatic nitrogens is 2. The highest BCUT2D eigenvalue weighted by atomic mass is 127. The van der Waals surface area contributed by atoms with Crippen molar-refractivity contribution in [2.75, 3.05) is 13.6 Å². The van der Waals surface area contributed by atoms with Crippen LogP contribution in [0.5, 0.6) is 0 Å². The van der Waals surface area contributed by atoms with Crippen LogP contribution < -0.4 is 0 Å². The van der Waals surface area contributed by atoms with Gasteiger partial charge in [-0.1, -0.05) is 0 Å². The second-order valence-electron chi connectivity index (χ2n) is 2.76. The minimum atomic E-state index is 0.0852. The molecule has 0 aliphatic carbocycles. The summed E-state index contributed by atoms with van der Waals surface area (Å²) in [5.74, 6) is 0.0852. The lowest BCUT2D eigenvalue weighted by Gasteiger charge is -2.13. The zero-order valence-corrected chi connectivity index (χ0v) is 9.85. The highest BCUT2D eigenvalue weighted by Crippen LogP contribution is 2.01. The van der Waals surface area contributed by atoms with Crippen LogP contribution in [0.4, 0.5) is 0 Å². The molecule has 1 amide bonds. The minimum absolute atomic E-state index is 0.0852. The number of carbonyl (C=O) groups is 1. The Morgan fingerprint density at radius 3 is 2.92 bits per heavy atom. The molecular weight excluding hydrogens is 281 g/mol. The quantitative estimate of drug-likeness (QED) is 0.779. The van der Waals surface area contributed by atoms with Gasteiger partial charge in [-0.3, -0.25) is 9.48 Å². The van der Waals surface area contributed by atoms with E-state index in [1.54, 1.807) is 22.8 Å². The summed E-state index contributed by atoms with van der Waals surface area (Å²) in [7, 11) is 1.79. The van der Waals surface area contributed by atoms with E-state index >= 15 is 0 Å². The van der Waals surface area contributed by atoms with Crippen LogP contribution in [0.3, 0.4) is 0 Å². The lowest BCUT2D eigenvalue weighted by atomic mass is 10.5. The molecule has 1 heterocycles. The summed E-state index contributed by atoms with van der Waals surface area (Å²) >= 11 is 2.17. The van der Waals surface area contributed by atoms with Crippen molar-refractivity contribution in [1.29, 1.82) is 0 Å². The number of nitrogens with zero attached hydrogens (tertiary/aromatic N) is 3. The first kappa shape index (κ1) is 10.5. The third kappa shape index (κ3) is 2.98. The Morgan fingerprint density at radius 2 is 2.46 bits per heavy atom. The summed E-state index contributed by atoms with van der Waals surface area (Å²) in [4.78, 5) is 13.1. The Labute approximate surface area is 91.0 Å². The van der Waals surface area contributed by atoms with Crippen LogP contribution in [0, 0.1) is 3.57 Å². The van der Waals surface area contributed by atoms with Crippen molar-refractivity contribution >= 4 is 28.5 Å². The van der Waals surface area contributed by atoms with E-state index in [0.29, 0.717) is 6.54 Å². The topological polar surface area (TPSA) is 38.1 Å². The average Bonchev–Trinajstić information content (AvgIpc) is 2.49. The molecule has 0 saturated heterocycles. The van der Waals surface area contributed by atoms with Gasteiger partial charge in [0, 0.05) is 19.8 Å². The van der Waals surface area contributed by atoms with Crippen molar-refractivity contribution in [2.45, 2.75) is 13.5 Å². The maximum Gasteiger partial charge on any atom is 0.244 e. The molecule has 0 saturated carbocycles. The van der Waals surface area contributed by atoms with E-state index in [4.69, 9.17) is 0 Å². The molecule has 72 valence electrons. The van der Waals surface area contributed by atoms with Crippen molar-refractivity contribution in [2.24, 2.45) is 0 Å². The second kappa shape index (κ2) is 4.59. The van der Waals surface area contributed by atoms with Crippen LogP contribution >= 0.6 is 22.6 Å². The molecule has 0 aliphatic rings. The normalized spacial score (nSPS) is 10.1. The molecule has 0 radical (unpaired) electrons. The third-order valence-corrected chi connectivity index (χ3v) is 2.36. The standard InChI is InChI=1S/C8H12IN3O/c1-3-11(2)8(13)6-12-5-7(9)4-10-12/h4-5H,3,6H2,1-2H3. The first-order valence-electron chi connectivity index (χ1n) is 4.05. The molecule has 5 heteroatoms. The number of amides is 1. The smallest absolute Gasteiger partial charge is 0.244 e. The number of likely N-dealkylation sites (N-methyl/N-ethyl adjacent to an activating group) is 1. The highest BCUT2D eigenvalue weighted by molar-refractivity contribution is 14.1. The summed E-state index contributed by atoms with van der Waals surface area (Å²) in [5, 5.41) is 4.03. The van der Waals surface area contributed by atoms with Crippen molar-refractivity contribution in [3.05, 3.63) is 16.0 Å². The van der Waals surface area contributed by atoms with Crippen molar-refractivity contribution in [1.82, 2.24) is 14.7 Å². The lowest BCUT2D eigenvalue weighted by Crippen LogP contribution is -2.29.